The lowest BCUT2D eigenvalue weighted by molar-refractivity contribution is -0.139. The van der Waals surface area contributed by atoms with Crippen LogP contribution in [0.5, 0.6) is 0 Å². The second-order valence-electron chi connectivity index (χ2n) is 3.71. The number of urea groups is 1. The Hall–Kier alpha value is -0.920. The van der Waals surface area contributed by atoms with Gasteiger partial charge in [-0.05, 0) is 30.6 Å². The second kappa shape index (κ2) is 8.29. The van der Waals surface area contributed by atoms with Gasteiger partial charge in [0.05, 0.1) is 10.9 Å². The lowest BCUT2D eigenvalue weighted by Crippen LogP contribution is -2.46. The zero-order valence-corrected chi connectivity index (χ0v) is 12.7. The molecule has 1 unspecified atom stereocenters. The van der Waals surface area contributed by atoms with Crippen molar-refractivity contribution in [3.05, 3.63) is 21.3 Å². The third-order valence-electron chi connectivity index (χ3n) is 2.27. The molecule has 0 spiro atoms. The molecule has 0 fully saturated rings. The van der Waals surface area contributed by atoms with Gasteiger partial charge in [-0.1, -0.05) is 11.6 Å². The Kier molecular flexibility index (Phi) is 7.04. The van der Waals surface area contributed by atoms with Crippen LogP contribution in [0.2, 0.25) is 4.34 Å². The normalized spacial score (nSPS) is 11.9. The quantitative estimate of drug-likeness (QED) is 0.720. The molecule has 0 saturated heterocycles. The van der Waals surface area contributed by atoms with Crippen molar-refractivity contribution in [1.29, 1.82) is 0 Å². The van der Waals surface area contributed by atoms with E-state index in [9.17, 15) is 9.59 Å². The van der Waals surface area contributed by atoms with E-state index < -0.39 is 18.0 Å². The Bertz CT molecular complexity index is 439. The predicted molar refractivity (Wildman–Crippen MR) is 79.1 cm³/mol. The fraction of sp³-hybridized carbons (Fsp3) is 0.455. The first kappa shape index (κ1) is 16.1. The van der Waals surface area contributed by atoms with Crippen molar-refractivity contribution >= 4 is 46.7 Å². The first-order valence-corrected chi connectivity index (χ1v) is 8.12. The van der Waals surface area contributed by atoms with E-state index in [1.807, 2.05) is 12.3 Å². The van der Waals surface area contributed by atoms with Crippen LogP contribution in [0.25, 0.3) is 0 Å². The smallest absolute Gasteiger partial charge is 0.326 e. The van der Waals surface area contributed by atoms with Crippen molar-refractivity contribution in [3.63, 3.8) is 0 Å². The van der Waals surface area contributed by atoms with Crippen LogP contribution in [0.15, 0.2) is 12.1 Å². The summed E-state index contributed by atoms with van der Waals surface area (Å²) in [4.78, 5) is 23.4. The minimum Gasteiger partial charge on any atom is -0.480 e. The summed E-state index contributed by atoms with van der Waals surface area (Å²) in [6.07, 6.45) is 2.29. The van der Waals surface area contributed by atoms with Crippen LogP contribution in [-0.2, 0) is 11.3 Å². The van der Waals surface area contributed by atoms with E-state index in [0.29, 0.717) is 23.1 Å². The van der Waals surface area contributed by atoms with Gasteiger partial charge in [0.2, 0.25) is 0 Å². The first-order chi connectivity index (χ1) is 9.02. The SMILES string of the molecule is CSCCC(NC(=O)NCc1ccc(Cl)s1)C(=O)O. The average molecular weight is 323 g/mol. The molecule has 3 N–H and O–H groups in total. The molecule has 19 heavy (non-hydrogen) atoms. The standard InChI is InChI=1S/C11H15ClN2O3S2/c1-18-5-4-8(10(15)16)14-11(17)13-6-7-2-3-9(12)19-7/h2-3,8H,4-6H2,1H3,(H,15,16)(H2,13,14,17). The van der Waals surface area contributed by atoms with Crippen LogP contribution in [0.1, 0.15) is 11.3 Å². The highest BCUT2D eigenvalue weighted by molar-refractivity contribution is 7.98. The predicted octanol–water partition coefficient (Wildman–Crippen LogP) is 2.41. The van der Waals surface area contributed by atoms with Crippen LogP contribution in [0.3, 0.4) is 0 Å². The number of aliphatic carboxylic acids is 1. The van der Waals surface area contributed by atoms with E-state index in [1.165, 1.54) is 23.1 Å². The molecule has 1 heterocycles. The average Bonchev–Trinajstić information content (AvgIpc) is 2.77. The fourth-order valence-corrected chi connectivity index (χ4v) is 2.82. The number of carboxylic acids is 1. The maximum atomic E-state index is 11.6. The molecule has 0 radical (unpaired) electrons. The molecule has 106 valence electrons. The number of rotatable bonds is 7. The summed E-state index contributed by atoms with van der Waals surface area (Å²) >= 11 is 8.68. The van der Waals surface area contributed by atoms with E-state index in [4.69, 9.17) is 16.7 Å². The number of hydrogen-bond acceptors (Lipinski definition) is 4. The largest absolute Gasteiger partial charge is 0.480 e. The van der Waals surface area contributed by atoms with Crippen molar-refractivity contribution in [2.45, 2.75) is 19.0 Å². The first-order valence-electron chi connectivity index (χ1n) is 5.53. The number of halogens is 1. The zero-order valence-electron chi connectivity index (χ0n) is 10.3. The van der Waals surface area contributed by atoms with Gasteiger partial charge in [-0.25, -0.2) is 9.59 Å². The summed E-state index contributed by atoms with van der Waals surface area (Å²) in [5.41, 5.74) is 0. The third-order valence-corrected chi connectivity index (χ3v) is 4.14. The highest BCUT2D eigenvalue weighted by atomic mass is 35.5. The summed E-state index contributed by atoms with van der Waals surface area (Å²) < 4.78 is 0.653. The van der Waals surface area contributed by atoms with E-state index in [2.05, 4.69) is 10.6 Å². The van der Waals surface area contributed by atoms with Crippen molar-refractivity contribution in [3.8, 4) is 0 Å². The summed E-state index contributed by atoms with van der Waals surface area (Å²) in [5, 5.41) is 14.0. The maximum absolute atomic E-state index is 11.6. The van der Waals surface area contributed by atoms with Gasteiger partial charge in [0.25, 0.3) is 0 Å². The molecule has 1 rings (SSSR count). The van der Waals surface area contributed by atoms with Gasteiger partial charge in [-0.3, -0.25) is 0 Å². The molecule has 0 aliphatic rings. The van der Waals surface area contributed by atoms with E-state index in [0.717, 1.165) is 4.88 Å². The lowest BCUT2D eigenvalue weighted by Gasteiger charge is -2.14. The molecule has 1 atom stereocenters. The van der Waals surface area contributed by atoms with E-state index in [-0.39, 0.29) is 0 Å². The molecule has 0 bridgehead atoms. The van der Waals surface area contributed by atoms with Crippen molar-refractivity contribution in [2.24, 2.45) is 0 Å². The minimum absolute atomic E-state index is 0.331. The molecular formula is C11H15ClN2O3S2. The van der Waals surface area contributed by atoms with E-state index in [1.54, 1.807) is 6.07 Å². The number of hydrogen-bond donors (Lipinski definition) is 3. The summed E-state index contributed by atoms with van der Waals surface area (Å²) in [6, 6.07) is 2.22. The van der Waals surface area contributed by atoms with Crippen LogP contribution in [-0.4, -0.2) is 35.2 Å². The van der Waals surface area contributed by atoms with Gasteiger partial charge < -0.3 is 15.7 Å². The molecule has 0 aliphatic carbocycles. The van der Waals surface area contributed by atoms with Gasteiger partial charge in [-0.15, -0.1) is 11.3 Å². The molecular weight excluding hydrogens is 308 g/mol. The topological polar surface area (TPSA) is 78.4 Å². The van der Waals surface area contributed by atoms with Crippen molar-refractivity contribution in [2.75, 3.05) is 12.0 Å². The van der Waals surface area contributed by atoms with E-state index >= 15 is 0 Å². The Morgan fingerprint density at radius 3 is 2.79 bits per heavy atom. The molecule has 5 nitrogen and oxygen atoms in total. The van der Waals surface area contributed by atoms with Gasteiger partial charge >= 0.3 is 12.0 Å². The number of carbonyl (C=O) groups is 2. The summed E-state index contributed by atoms with van der Waals surface area (Å²) in [7, 11) is 0. The van der Waals surface area contributed by atoms with Gasteiger partial charge in [-0.2, -0.15) is 11.8 Å². The number of thiophene rings is 1. The van der Waals surface area contributed by atoms with Gasteiger partial charge in [0.15, 0.2) is 0 Å². The third kappa shape index (κ3) is 6.17. The number of carboxylic acid groups (broad SMARTS) is 1. The highest BCUT2D eigenvalue weighted by Crippen LogP contribution is 2.20. The minimum atomic E-state index is -1.02. The lowest BCUT2D eigenvalue weighted by atomic mass is 10.2. The van der Waals surface area contributed by atoms with Crippen LogP contribution >= 0.6 is 34.7 Å². The molecule has 1 aromatic heterocycles. The summed E-state index contributed by atoms with van der Waals surface area (Å²) in [6.45, 7) is 0.331. The van der Waals surface area contributed by atoms with Gasteiger partial charge in [0.1, 0.15) is 6.04 Å². The molecule has 2 amide bonds. The Morgan fingerprint density at radius 2 is 2.26 bits per heavy atom. The number of thioether (sulfide) groups is 1. The zero-order chi connectivity index (χ0) is 14.3. The molecule has 1 aromatic rings. The fourth-order valence-electron chi connectivity index (χ4n) is 1.32. The Balaban J connectivity index is 2.37. The molecule has 0 saturated carbocycles. The maximum Gasteiger partial charge on any atom is 0.326 e. The van der Waals surface area contributed by atoms with Gasteiger partial charge in [0, 0.05) is 4.88 Å². The van der Waals surface area contributed by atoms with Crippen LogP contribution in [0, 0.1) is 0 Å². The molecule has 8 heteroatoms. The number of carbonyl (C=O) groups excluding carboxylic acids is 1. The van der Waals surface area contributed by atoms with Crippen LogP contribution in [0.4, 0.5) is 4.79 Å². The second-order valence-corrected chi connectivity index (χ2v) is 6.49. The Morgan fingerprint density at radius 1 is 1.53 bits per heavy atom. The molecule has 0 aliphatic heterocycles. The van der Waals surface area contributed by atoms with Crippen molar-refractivity contribution < 1.29 is 14.7 Å². The highest BCUT2D eigenvalue weighted by Gasteiger charge is 2.19. The number of nitrogens with one attached hydrogen (secondary N) is 2. The molecule has 0 aromatic carbocycles. The van der Waals surface area contributed by atoms with Crippen molar-refractivity contribution in [1.82, 2.24) is 10.6 Å². The Labute approximate surface area is 124 Å². The van der Waals surface area contributed by atoms with Crippen LogP contribution < -0.4 is 10.6 Å². The monoisotopic (exact) mass is 322 g/mol. The summed E-state index contributed by atoms with van der Waals surface area (Å²) in [5.74, 6) is -0.346. The number of amides is 2.